The van der Waals surface area contributed by atoms with E-state index in [1.165, 1.54) is 12.7 Å². The average Bonchev–Trinajstić information content (AvgIpc) is 2.75. The third-order valence-corrected chi connectivity index (χ3v) is 7.07. The van der Waals surface area contributed by atoms with E-state index in [9.17, 15) is 4.79 Å². The topological polar surface area (TPSA) is 47.6 Å². The molecule has 3 rings (SSSR count). The molecule has 0 atom stereocenters. The lowest BCUT2D eigenvalue weighted by Crippen LogP contribution is -3.61. The zero-order chi connectivity index (χ0) is 19.6. The molecule has 0 aliphatic carbocycles. The van der Waals surface area contributed by atoms with Gasteiger partial charge in [-0.05, 0) is 42.3 Å². The summed E-state index contributed by atoms with van der Waals surface area (Å²) in [6.07, 6.45) is 0.401. The number of rotatable bonds is 8. The van der Waals surface area contributed by atoms with Gasteiger partial charge in [0.1, 0.15) is 12.4 Å². The third kappa shape index (κ3) is 6.27. The SMILES string of the molecule is COc1ccc([I+]c2ccccc2CCNC(=O)OCc2ccccc2)cc1. The van der Waals surface area contributed by atoms with Gasteiger partial charge < -0.3 is 14.8 Å². The molecule has 3 aromatic rings. The van der Waals surface area contributed by atoms with Crippen LogP contribution in [0.25, 0.3) is 0 Å². The highest BCUT2D eigenvalue weighted by atomic mass is 127. The average molecular weight is 488 g/mol. The molecular formula is C23H23INO3+. The van der Waals surface area contributed by atoms with E-state index in [-0.39, 0.29) is 33.9 Å². The molecule has 28 heavy (non-hydrogen) atoms. The number of hydrogen-bond acceptors (Lipinski definition) is 3. The fourth-order valence-electron chi connectivity index (χ4n) is 2.62. The number of carbonyl (C=O) groups is 1. The smallest absolute Gasteiger partial charge is 0.407 e. The molecule has 0 saturated heterocycles. The molecule has 0 aliphatic heterocycles. The Balaban J connectivity index is 1.49. The molecule has 0 bridgehead atoms. The van der Waals surface area contributed by atoms with Gasteiger partial charge in [-0.15, -0.1) is 0 Å². The van der Waals surface area contributed by atoms with E-state index in [2.05, 4.69) is 35.6 Å². The third-order valence-electron chi connectivity index (χ3n) is 4.09. The van der Waals surface area contributed by atoms with Crippen LogP contribution in [0.3, 0.4) is 0 Å². The van der Waals surface area contributed by atoms with Crippen LogP contribution in [0.15, 0.2) is 78.9 Å². The van der Waals surface area contributed by atoms with E-state index in [1.54, 1.807) is 7.11 Å². The Morgan fingerprint density at radius 3 is 2.39 bits per heavy atom. The molecule has 3 aromatic carbocycles. The van der Waals surface area contributed by atoms with Crippen LogP contribution in [-0.4, -0.2) is 19.7 Å². The highest BCUT2D eigenvalue weighted by Crippen LogP contribution is 2.06. The molecule has 144 valence electrons. The van der Waals surface area contributed by atoms with Crippen molar-refractivity contribution >= 4 is 6.09 Å². The Morgan fingerprint density at radius 1 is 0.929 bits per heavy atom. The van der Waals surface area contributed by atoms with Gasteiger partial charge in [0, 0.05) is 12.1 Å². The van der Waals surface area contributed by atoms with Crippen molar-refractivity contribution in [3.63, 3.8) is 0 Å². The number of carbonyl (C=O) groups excluding carboxylic acids is 1. The maximum absolute atomic E-state index is 11.9. The summed E-state index contributed by atoms with van der Waals surface area (Å²) in [4.78, 5) is 11.9. The number of hydrogen-bond donors (Lipinski definition) is 1. The zero-order valence-electron chi connectivity index (χ0n) is 15.7. The van der Waals surface area contributed by atoms with Crippen LogP contribution in [0.4, 0.5) is 4.79 Å². The lowest BCUT2D eigenvalue weighted by Gasteiger charge is -2.07. The molecule has 1 N–H and O–H groups in total. The number of benzene rings is 3. The second-order valence-corrected chi connectivity index (χ2v) is 9.03. The van der Waals surface area contributed by atoms with Crippen LogP contribution in [0.5, 0.6) is 5.75 Å². The Kier molecular flexibility index (Phi) is 7.72. The lowest BCUT2D eigenvalue weighted by atomic mass is 10.1. The number of amides is 1. The Hall–Kier alpha value is -2.54. The predicted molar refractivity (Wildman–Crippen MR) is 105 cm³/mol. The van der Waals surface area contributed by atoms with Gasteiger partial charge in [-0.2, -0.15) is 0 Å². The minimum atomic E-state index is -0.383. The number of halogens is 1. The standard InChI is InChI=1S/C23H22INO3/c1-27-21-13-11-20(12-14-21)24-22-10-6-5-9-19(22)15-16-25-23(26)28-17-18-7-3-2-4-8-18/h2-14H,15-17H2,1H3/p+1. The van der Waals surface area contributed by atoms with Gasteiger partial charge in [0.15, 0.2) is 7.14 Å². The van der Waals surface area contributed by atoms with E-state index in [4.69, 9.17) is 9.47 Å². The largest absolute Gasteiger partial charge is 0.497 e. The molecule has 0 radical (unpaired) electrons. The molecule has 0 unspecified atom stereocenters. The first-order valence-corrected chi connectivity index (χ1v) is 11.2. The fraction of sp³-hybridized carbons (Fsp3) is 0.174. The molecule has 4 nitrogen and oxygen atoms in total. The normalized spacial score (nSPS) is 10.3. The summed E-state index contributed by atoms with van der Waals surface area (Å²) in [5, 5.41) is 2.84. The zero-order valence-corrected chi connectivity index (χ0v) is 17.9. The first-order valence-electron chi connectivity index (χ1n) is 9.06. The van der Waals surface area contributed by atoms with Crippen molar-refractivity contribution in [1.29, 1.82) is 0 Å². The Labute approximate surface area is 176 Å². The van der Waals surface area contributed by atoms with Crippen LogP contribution >= 0.6 is 0 Å². The number of ether oxygens (including phenoxy) is 2. The molecular weight excluding hydrogens is 465 g/mol. The van der Waals surface area contributed by atoms with Crippen molar-refractivity contribution in [2.45, 2.75) is 13.0 Å². The first kappa shape index (κ1) is 20.2. The quantitative estimate of drug-likeness (QED) is 0.487. The second kappa shape index (κ2) is 10.7. The van der Waals surface area contributed by atoms with Crippen molar-refractivity contribution in [1.82, 2.24) is 5.32 Å². The summed E-state index contributed by atoms with van der Waals surface area (Å²) in [5.74, 6) is 0.874. The van der Waals surface area contributed by atoms with Gasteiger partial charge in [0.2, 0.25) is 0 Å². The molecule has 0 aliphatic rings. The highest BCUT2D eigenvalue weighted by Gasteiger charge is 2.19. The van der Waals surface area contributed by atoms with Crippen LogP contribution < -0.4 is 31.3 Å². The van der Waals surface area contributed by atoms with Crippen LogP contribution in [0.1, 0.15) is 11.1 Å². The lowest BCUT2D eigenvalue weighted by molar-refractivity contribution is -0.598. The molecule has 1 amide bonds. The summed E-state index contributed by atoms with van der Waals surface area (Å²) in [6, 6.07) is 26.4. The fourth-order valence-corrected chi connectivity index (χ4v) is 5.19. The maximum Gasteiger partial charge on any atom is 0.407 e. The van der Waals surface area contributed by atoms with Gasteiger partial charge >= 0.3 is 27.3 Å². The van der Waals surface area contributed by atoms with E-state index >= 15 is 0 Å². The van der Waals surface area contributed by atoms with Gasteiger partial charge in [-0.3, -0.25) is 0 Å². The van der Waals surface area contributed by atoms with Crippen LogP contribution in [-0.2, 0) is 17.8 Å². The van der Waals surface area contributed by atoms with Crippen molar-refractivity contribution < 1.29 is 35.5 Å². The number of nitrogens with one attached hydrogen (secondary N) is 1. The highest BCUT2D eigenvalue weighted by molar-refractivity contribution is 5.67. The summed E-state index contributed by atoms with van der Waals surface area (Å²) in [6.45, 7) is 0.837. The van der Waals surface area contributed by atoms with Gasteiger partial charge in [0.05, 0.1) is 7.11 Å². The minimum absolute atomic E-state index is 0.282. The van der Waals surface area contributed by atoms with E-state index in [0.717, 1.165) is 17.7 Å². The van der Waals surface area contributed by atoms with Crippen LogP contribution in [0.2, 0.25) is 0 Å². The molecule has 5 heteroatoms. The molecule has 0 spiro atoms. The monoisotopic (exact) mass is 488 g/mol. The van der Waals surface area contributed by atoms with Crippen LogP contribution in [0, 0.1) is 7.14 Å². The molecule has 0 heterocycles. The summed E-state index contributed by atoms with van der Waals surface area (Å²) in [5.41, 5.74) is 2.25. The molecule has 0 aromatic heterocycles. The predicted octanol–water partition coefficient (Wildman–Crippen LogP) is 1.29. The van der Waals surface area contributed by atoms with E-state index in [0.29, 0.717) is 6.54 Å². The van der Waals surface area contributed by atoms with Gasteiger partial charge in [-0.1, -0.05) is 48.5 Å². The summed E-state index contributed by atoms with van der Waals surface area (Å²) < 4.78 is 13.2. The summed E-state index contributed by atoms with van der Waals surface area (Å²) in [7, 11) is 1.68. The maximum atomic E-state index is 11.9. The Bertz CT molecular complexity index is 882. The van der Waals surface area contributed by atoms with E-state index in [1.807, 2.05) is 48.5 Å². The number of methoxy groups -OCH3 is 1. The summed E-state index contributed by atoms with van der Waals surface area (Å²) >= 11 is -0.282. The first-order chi connectivity index (χ1) is 13.7. The molecule has 0 fully saturated rings. The van der Waals surface area contributed by atoms with Crippen molar-refractivity contribution in [2.24, 2.45) is 0 Å². The number of alkyl carbamates (subject to hydrolysis) is 1. The van der Waals surface area contributed by atoms with Gasteiger partial charge in [0.25, 0.3) is 0 Å². The molecule has 0 saturated carbocycles. The van der Waals surface area contributed by atoms with Gasteiger partial charge in [-0.25, -0.2) is 4.79 Å². The van der Waals surface area contributed by atoms with Crippen molar-refractivity contribution in [3.05, 3.63) is 97.1 Å². The second-order valence-electron chi connectivity index (χ2n) is 6.08. The van der Waals surface area contributed by atoms with Crippen molar-refractivity contribution in [3.8, 4) is 5.75 Å². The Morgan fingerprint density at radius 2 is 1.64 bits per heavy atom. The minimum Gasteiger partial charge on any atom is -0.497 e. The van der Waals surface area contributed by atoms with Crippen molar-refractivity contribution in [2.75, 3.05) is 13.7 Å². The van der Waals surface area contributed by atoms with E-state index < -0.39 is 0 Å².